The van der Waals surface area contributed by atoms with E-state index in [2.05, 4.69) is 5.32 Å². The van der Waals surface area contributed by atoms with Crippen LogP contribution < -0.4 is 5.32 Å². The summed E-state index contributed by atoms with van der Waals surface area (Å²) in [6, 6.07) is 3.12. The number of phenols is 1. The number of hydrogen-bond donors (Lipinski definition) is 4. The number of hydrogen-bond acceptors (Lipinski definition) is 7. The second kappa shape index (κ2) is 9.86. The highest BCUT2D eigenvalue weighted by Crippen LogP contribution is 2.30. The maximum Gasteiger partial charge on any atom is 0.342 e. The Labute approximate surface area is 174 Å². The highest BCUT2D eigenvalue weighted by Gasteiger charge is 2.29. The van der Waals surface area contributed by atoms with Crippen molar-refractivity contribution >= 4 is 23.5 Å². The zero-order chi connectivity index (χ0) is 22.6. The number of rotatable bonds is 2. The van der Waals surface area contributed by atoms with E-state index in [1.165, 1.54) is 32.1 Å². The fourth-order valence-corrected chi connectivity index (χ4v) is 2.98. The fraction of sp³-hybridized carbons (Fsp3) is 0.455. The first-order valence-electron chi connectivity index (χ1n) is 9.80. The van der Waals surface area contributed by atoms with Crippen molar-refractivity contribution in [1.29, 1.82) is 0 Å². The van der Waals surface area contributed by atoms with Gasteiger partial charge in [-0.1, -0.05) is 19.1 Å². The first kappa shape index (κ1) is 23.6. The van der Waals surface area contributed by atoms with Crippen LogP contribution in [0.5, 0.6) is 5.75 Å². The van der Waals surface area contributed by atoms with E-state index in [1.54, 1.807) is 6.07 Å². The summed E-state index contributed by atoms with van der Waals surface area (Å²) in [5.41, 5.74) is 0.823. The van der Waals surface area contributed by atoms with Crippen molar-refractivity contribution in [2.24, 2.45) is 5.92 Å². The summed E-state index contributed by atoms with van der Waals surface area (Å²) in [7, 11) is 0. The van der Waals surface area contributed by atoms with E-state index in [0.717, 1.165) is 6.08 Å². The summed E-state index contributed by atoms with van der Waals surface area (Å²) < 4.78 is 19.6. The number of cyclic esters (lactones) is 1. The zero-order valence-corrected chi connectivity index (χ0v) is 17.4. The smallest absolute Gasteiger partial charge is 0.342 e. The van der Waals surface area contributed by atoms with E-state index in [9.17, 15) is 29.3 Å². The third kappa shape index (κ3) is 5.67. The third-order valence-electron chi connectivity index (χ3n) is 4.79. The molecule has 1 heterocycles. The molecule has 1 aliphatic heterocycles. The number of nitrogens with one attached hydrogen (secondary N) is 1. The number of fused-ring (bicyclic) bond motifs is 1. The van der Waals surface area contributed by atoms with Crippen molar-refractivity contribution in [3.05, 3.63) is 41.2 Å². The minimum absolute atomic E-state index is 0.0717. The van der Waals surface area contributed by atoms with E-state index in [0.29, 0.717) is 11.3 Å². The molecule has 0 saturated carbocycles. The van der Waals surface area contributed by atoms with E-state index in [4.69, 9.17) is 4.74 Å². The van der Waals surface area contributed by atoms with Gasteiger partial charge in [-0.2, -0.15) is 0 Å². The molecule has 0 fully saturated rings. The van der Waals surface area contributed by atoms with E-state index in [-0.39, 0.29) is 23.8 Å². The van der Waals surface area contributed by atoms with Gasteiger partial charge in [-0.05, 0) is 44.9 Å². The van der Waals surface area contributed by atoms with E-state index >= 15 is 0 Å². The number of halogens is 1. The van der Waals surface area contributed by atoms with Crippen LogP contribution in [0.15, 0.2) is 30.1 Å². The molecule has 0 saturated heterocycles. The molecule has 2 rings (SSSR count). The average Bonchev–Trinajstić information content (AvgIpc) is 2.64. The van der Waals surface area contributed by atoms with Crippen LogP contribution >= 0.6 is 0 Å². The van der Waals surface area contributed by atoms with Gasteiger partial charge in [0, 0.05) is 23.7 Å². The number of ketones is 1. The van der Waals surface area contributed by atoms with Crippen LogP contribution in [0.3, 0.4) is 0 Å². The van der Waals surface area contributed by atoms with Gasteiger partial charge >= 0.3 is 5.97 Å². The van der Waals surface area contributed by atoms with Crippen molar-refractivity contribution in [2.45, 2.75) is 58.5 Å². The highest BCUT2D eigenvalue weighted by atomic mass is 19.1. The topological polar surface area (TPSA) is 116 Å². The molecule has 0 bridgehead atoms. The largest absolute Gasteiger partial charge is 0.507 e. The summed E-state index contributed by atoms with van der Waals surface area (Å²) in [6.45, 7) is 6.89. The number of Topliss-reactive ketones (excluding diaryl/α,β-unsaturated/α-hetero) is 1. The lowest BCUT2D eigenvalue weighted by Crippen LogP contribution is -2.34. The number of aliphatic hydroxyl groups is 2. The molecule has 164 valence electrons. The van der Waals surface area contributed by atoms with Gasteiger partial charge < -0.3 is 25.4 Å². The Hall–Kier alpha value is -2.71. The fourth-order valence-electron chi connectivity index (χ4n) is 2.98. The van der Waals surface area contributed by atoms with Gasteiger partial charge in [0.1, 0.15) is 23.5 Å². The summed E-state index contributed by atoms with van der Waals surface area (Å²) >= 11 is 0. The molecule has 4 N–H and O–H groups in total. The number of benzene rings is 1. The monoisotopic (exact) mass is 421 g/mol. The second-order valence-corrected chi connectivity index (χ2v) is 7.76. The Morgan fingerprint density at radius 3 is 2.50 bits per heavy atom. The van der Waals surface area contributed by atoms with Crippen LogP contribution in [0.4, 0.5) is 10.1 Å². The lowest BCUT2D eigenvalue weighted by molar-refractivity contribution is -0.130. The van der Waals surface area contributed by atoms with Crippen molar-refractivity contribution in [1.82, 2.24) is 0 Å². The van der Waals surface area contributed by atoms with Gasteiger partial charge in [-0.3, -0.25) is 4.79 Å². The van der Waals surface area contributed by atoms with Crippen LogP contribution in [0.2, 0.25) is 0 Å². The highest BCUT2D eigenvalue weighted by molar-refractivity contribution is 5.98. The predicted octanol–water partition coefficient (Wildman–Crippen LogP) is 2.96. The summed E-state index contributed by atoms with van der Waals surface area (Å²) in [6.07, 6.45) is -0.645. The molecule has 0 aliphatic carbocycles. The average molecular weight is 421 g/mol. The van der Waals surface area contributed by atoms with Crippen LogP contribution in [0.1, 0.15) is 50.0 Å². The maximum atomic E-state index is 14.2. The molecular formula is C22H28FNO6. The standard InChI is InChI=1S/C22H28FNO6/c1-11(2)24-15-9-14-6-5-7-17(25)21(28)20(27)16(23)8-12(3)13(4)30-22(29)19(14)18(26)10-15/h5-6,8-13,17,21,24-26,28H,7H2,1-4H3/b6-5+,16-8+/t12?,13-,17-,21-/m0/s1. The molecule has 0 amide bonds. The van der Waals surface area contributed by atoms with Crippen molar-refractivity contribution in [3.8, 4) is 5.75 Å². The first-order valence-corrected chi connectivity index (χ1v) is 9.80. The molecule has 8 heteroatoms. The molecule has 1 unspecified atom stereocenters. The molecule has 7 nitrogen and oxygen atoms in total. The third-order valence-corrected chi connectivity index (χ3v) is 4.79. The molecule has 4 atom stereocenters. The van der Waals surface area contributed by atoms with Gasteiger partial charge in [0.15, 0.2) is 5.83 Å². The van der Waals surface area contributed by atoms with Crippen molar-refractivity contribution in [2.75, 3.05) is 5.32 Å². The molecule has 30 heavy (non-hydrogen) atoms. The van der Waals surface area contributed by atoms with Gasteiger partial charge in [-0.15, -0.1) is 0 Å². The summed E-state index contributed by atoms with van der Waals surface area (Å²) in [5, 5.41) is 33.6. The lowest BCUT2D eigenvalue weighted by Gasteiger charge is -2.21. The minimum Gasteiger partial charge on any atom is -0.507 e. The molecule has 1 aromatic rings. The van der Waals surface area contributed by atoms with Gasteiger partial charge in [0.05, 0.1) is 6.10 Å². The van der Waals surface area contributed by atoms with E-state index < -0.39 is 41.8 Å². The maximum absolute atomic E-state index is 14.2. The number of phenolic OH excluding ortho intramolecular Hbond substituents is 1. The lowest BCUT2D eigenvalue weighted by atomic mass is 9.99. The first-order chi connectivity index (χ1) is 14.0. The molecule has 0 spiro atoms. The van der Waals surface area contributed by atoms with Crippen LogP contribution in [0.25, 0.3) is 6.08 Å². The molecule has 0 radical (unpaired) electrons. The van der Waals surface area contributed by atoms with Gasteiger partial charge in [-0.25, -0.2) is 9.18 Å². The predicted molar refractivity (Wildman–Crippen MR) is 111 cm³/mol. The Kier molecular flexibility index (Phi) is 7.75. The molecular weight excluding hydrogens is 393 g/mol. The second-order valence-electron chi connectivity index (χ2n) is 7.76. The molecule has 1 aliphatic rings. The Morgan fingerprint density at radius 2 is 1.87 bits per heavy atom. The number of esters is 1. The van der Waals surface area contributed by atoms with Gasteiger partial charge in [0.2, 0.25) is 5.78 Å². The zero-order valence-electron chi connectivity index (χ0n) is 17.4. The van der Waals surface area contributed by atoms with Crippen molar-refractivity contribution < 1.29 is 34.0 Å². The summed E-state index contributed by atoms with van der Waals surface area (Å²) in [4.78, 5) is 24.7. The number of anilines is 1. The number of aromatic hydroxyl groups is 1. The molecule has 1 aromatic carbocycles. The minimum atomic E-state index is -1.93. The number of carbonyl (C=O) groups excluding carboxylic acids is 2. The SMILES string of the molecule is CC(C)Nc1cc(O)c2c(c1)/C=C/C[C@H](O)[C@H](O)C(=O)/C(F)=C\C(C)[C@H](C)OC2=O. The van der Waals surface area contributed by atoms with E-state index in [1.807, 2.05) is 13.8 Å². The number of ether oxygens (including phenoxy) is 1. The quantitative estimate of drug-likeness (QED) is 0.543. The summed E-state index contributed by atoms with van der Waals surface area (Å²) in [5.74, 6) is -4.26. The normalized spacial score (nSPS) is 28.7. The number of carbonyl (C=O) groups is 2. The molecule has 0 aromatic heterocycles. The van der Waals surface area contributed by atoms with Crippen molar-refractivity contribution in [3.63, 3.8) is 0 Å². The number of aliphatic hydroxyl groups excluding tert-OH is 2. The van der Waals surface area contributed by atoms with Crippen LogP contribution in [-0.4, -0.2) is 51.4 Å². The Morgan fingerprint density at radius 1 is 1.20 bits per heavy atom. The van der Waals surface area contributed by atoms with Crippen LogP contribution in [0, 0.1) is 5.92 Å². The van der Waals surface area contributed by atoms with Crippen LogP contribution in [-0.2, 0) is 9.53 Å². The van der Waals surface area contributed by atoms with Gasteiger partial charge in [0.25, 0.3) is 0 Å². The Balaban J connectivity index is 2.54. The Bertz CT molecular complexity index is 863.